The fourth-order valence-corrected chi connectivity index (χ4v) is 1.14. The van der Waals surface area contributed by atoms with Crippen LogP contribution in [0.1, 0.15) is 33.1 Å². The van der Waals surface area contributed by atoms with Crippen molar-refractivity contribution in [2.24, 2.45) is 0 Å². The average Bonchev–Trinajstić information content (AvgIpc) is 2.02. The molecular formula is C9H18F3NO. The van der Waals surface area contributed by atoms with Crippen molar-refractivity contribution >= 4 is 0 Å². The van der Waals surface area contributed by atoms with Crippen LogP contribution in [0.15, 0.2) is 0 Å². The van der Waals surface area contributed by atoms with Gasteiger partial charge in [0.2, 0.25) is 0 Å². The smallest absolute Gasteiger partial charge is 0.390 e. The van der Waals surface area contributed by atoms with Gasteiger partial charge in [-0.25, -0.2) is 0 Å². The summed E-state index contributed by atoms with van der Waals surface area (Å²) in [4.78, 5) is 0. The monoisotopic (exact) mass is 213 g/mol. The molecule has 0 fully saturated rings. The van der Waals surface area contributed by atoms with E-state index in [-0.39, 0.29) is 18.7 Å². The molecule has 0 aliphatic carbocycles. The molecule has 1 unspecified atom stereocenters. The molecule has 14 heavy (non-hydrogen) atoms. The molecule has 1 atom stereocenters. The Kier molecular flexibility index (Phi) is 5.44. The van der Waals surface area contributed by atoms with Crippen LogP contribution in [0, 0.1) is 0 Å². The third kappa shape index (κ3) is 6.21. The van der Waals surface area contributed by atoms with Crippen LogP contribution >= 0.6 is 0 Å². The van der Waals surface area contributed by atoms with Crippen LogP contribution in [-0.2, 0) is 0 Å². The Balaban J connectivity index is 3.84. The van der Waals surface area contributed by atoms with Crippen molar-refractivity contribution in [3.63, 3.8) is 0 Å². The van der Waals surface area contributed by atoms with Crippen molar-refractivity contribution in [3.8, 4) is 0 Å². The second-order valence-corrected chi connectivity index (χ2v) is 3.68. The summed E-state index contributed by atoms with van der Waals surface area (Å²) in [7, 11) is 0. The minimum absolute atomic E-state index is 0.0106. The zero-order valence-corrected chi connectivity index (χ0v) is 8.62. The largest absolute Gasteiger partial charge is 0.396 e. The number of alkyl halides is 3. The van der Waals surface area contributed by atoms with Crippen molar-refractivity contribution in [1.29, 1.82) is 0 Å². The van der Waals surface area contributed by atoms with Gasteiger partial charge in [-0.15, -0.1) is 0 Å². The third-order valence-electron chi connectivity index (χ3n) is 2.40. The second-order valence-electron chi connectivity index (χ2n) is 3.68. The minimum atomic E-state index is -4.11. The molecule has 0 aromatic heterocycles. The molecule has 0 bridgehead atoms. The van der Waals surface area contributed by atoms with Gasteiger partial charge in [-0.2, -0.15) is 13.2 Å². The van der Waals surface area contributed by atoms with Crippen LogP contribution in [-0.4, -0.2) is 30.0 Å². The molecule has 2 N–H and O–H groups in total. The topological polar surface area (TPSA) is 32.3 Å². The first kappa shape index (κ1) is 13.7. The first-order valence-electron chi connectivity index (χ1n) is 4.75. The Labute approximate surface area is 82.5 Å². The Morgan fingerprint density at radius 1 is 1.21 bits per heavy atom. The van der Waals surface area contributed by atoms with Crippen LogP contribution < -0.4 is 5.32 Å². The van der Waals surface area contributed by atoms with Crippen LogP contribution in [0.4, 0.5) is 13.2 Å². The van der Waals surface area contributed by atoms with E-state index < -0.39 is 12.6 Å². The van der Waals surface area contributed by atoms with E-state index in [0.29, 0.717) is 12.8 Å². The predicted molar refractivity (Wildman–Crippen MR) is 49.1 cm³/mol. The summed E-state index contributed by atoms with van der Waals surface area (Å²) in [6, 6.07) is 0. The molecule has 0 aromatic rings. The number of rotatable bonds is 6. The summed E-state index contributed by atoms with van der Waals surface area (Å²) < 4.78 is 35.5. The molecule has 0 heterocycles. The molecule has 86 valence electrons. The van der Waals surface area contributed by atoms with Crippen molar-refractivity contribution < 1.29 is 18.3 Å². The molecule has 0 aliphatic rings. The van der Waals surface area contributed by atoms with Crippen LogP contribution in [0.3, 0.4) is 0 Å². The lowest BCUT2D eigenvalue weighted by Crippen LogP contribution is -2.43. The lowest BCUT2D eigenvalue weighted by Gasteiger charge is -2.29. The average molecular weight is 213 g/mol. The Hall–Kier alpha value is -0.290. The number of halogens is 3. The van der Waals surface area contributed by atoms with Gasteiger partial charge in [0.1, 0.15) is 0 Å². The Bertz CT molecular complexity index is 161. The fourth-order valence-electron chi connectivity index (χ4n) is 1.14. The molecule has 0 aromatic carbocycles. The standard InChI is InChI=1S/C9H18F3NO/c1-3-8(2,5-7-14)13-6-4-9(10,11)12/h13-14H,3-7H2,1-2H3. The summed E-state index contributed by atoms with van der Waals surface area (Å²) in [6.07, 6.45) is -3.76. The summed E-state index contributed by atoms with van der Waals surface area (Å²) >= 11 is 0. The summed E-state index contributed by atoms with van der Waals surface area (Å²) in [6.45, 7) is 3.60. The maximum Gasteiger partial charge on any atom is 0.390 e. The summed E-state index contributed by atoms with van der Waals surface area (Å²) in [5.41, 5.74) is -0.389. The van der Waals surface area contributed by atoms with Crippen LogP contribution in [0.5, 0.6) is 0 Å². The molecule has 0 aliphatic heterocycles. The number of hydrogen-bond acceptors (Lipinski definition) is 2. The SMILES string of the molecule is CCC(C)(CCO)NCCC(F)(F)F. The molecule has 0 rings (SSSR count). The number of aliphatic hydroxyl groups is 1. The van der Waals surface area contributed by atoms with Gasteiger partial charge in [0.25, 0.3) is 0 Å². The van der Waals surface area contributed by atoms with Gasteiger partial charge >= 0.3 is 6.18 Å². The molecule has 0 saturated carbocycles. The molecule has 0 radical (unpaired) electrons. The van der Waals surface area contributed by atoms with E-state index in [4.69, 9.17) is 5.11 Å². The number of hydrogen-bond donors (Lipinski definition) is 2. The quantitative estimate of drug-likeness (QED) is 0.708. The zero-order valence-electron chi connectivity index (χ0n) is 8.62. The van der Waals surface area contributed by atoms with Gasteiger partial charge in [-0.3, -0.25) is 0 Å². The van der Waals surface area contributed by atoms with E-state index in [1.165, 1.54) is 0 Å². The molecule has 0 amide bonds. The number of nitrogens with one attached hydrogen (secondary N) is 1. The predicted octanol–water partition coefficient (Wildman–Crippen LogP) is 2.08. The maximum absolute atomic E-state index is 11.8. The normalized spacial score (nSPS) is 16.7. The maximum atomic E-state index is 11.8. The first-order chi connectivity index (χ1) is 6.33. The van der Waals surface area contributed by atoms with E-state index in [1.807, 2.05) is 13.8 Å². The molecule has 2 nitrogen and oxygen atoms in total. The second kappa shape index (κ2) is 5.56. The van der Waals surface area contributed by atoms with Crippen molar-refractivity contribution in [1.82, 2.24) is 5.32 Å². The highest BCUT2D eigenvalue weighted by Gasteiger charge is 2.28. The van der Waals surface area contributed by atoms with E-state index in [9.17, 15) is 13.2 Å². The lowest BCUT2D eigenvalue weighted by atomic mass is 9.95. The summed E-state index contributed by atoms with van der Waals surface area (Å²) in [5, 5.41) is 11.6. The third-order valence-corrected chi connectivity index (χ3v) is 2.40. The van der Waals surface area contributed by atoms with E-state index in [2.05, 4.69) is 5.32 Å². The van der Waals surface area contributed by atoms with E-state index in [1.54, 1.807) is 0 Å². The summed E-state index contributed by atoms with van der Waals surface area (Å²) in [5.74, 6) is 0. The highest BCUT2D eigenvalue weighted by Crippen LogP contribution is 2.20. The van der Waals surface area contributed by atoms with E-state index in [0.717, 1.165) is 0 Å². The Morgan fingerprint density at radius 2 is 1.79 bits per heavy atom. The highest BCUT2D eigenvalue weighted by molar-refractivity contribution is 4.81. The van der Waals surface area contributed by atoms with Gasteiger partial charge in [0, 0.05) is 18.7 Å². The molecule has 5 heteroatoms. The van der Waals surface area contributed by atoms with E-state index >= 15 is 0 Å². The van der Waals surface area contributed by atoms with Gasteiger partial charge in [0.15, 0.2) is 0 Å². The zero-order chi connectivity index (χ0) is 11.2. The van der Waals surface area contributed by atoms with Crippen LogP contribution in [0.25, 0.3) is 0 Å². The Morgan fingerprint density at radius 3 is 2.14 bits per heavy atom. The van der Waals surface area contributed by atoms with Gasteiger partial charge < -0.3 is 10.4 Å². The lowest BCUT2D eigenvalue weighted by molar-refractivity contribution is -0.134. The van der Waals surface area contributed by atoms with Gasteiger partial charge in [-0.1, -0.05) is 6.92 Å². The van der Waals surface area contributed by atoms with Crippen molar-refractivity contribution in [2.45, 2.75) is 44.8 Å². The number of aliphatic hydroxyl groups excluding tert-OH is 1. The molecule has 0 saturated heterocycles. The molecular weight excluding hydrogens is 195 g/mol. The fraction of sp³-hybridized carbons (Fsp3) is 1.00. The first-order valence-corrected chi connectivity index (χ1v) is 4.75. The van der Waals surface area contributed by atoms with Crippen molar-refractivity contribution in [2.75, 3.05) is 13.2 Å². The molecule has 0 spiro atoms. The minimum Gasteiger partial charge on any atom is -0.396 e. The highest BCUT2D eigenvalue weighted by atomic mass is 19.4. The van der Waals surface area contributed by atoms with Gasteiger partial charge in [-0.05, 0) is 19.8 Å². The van der Waals surface area contributed by atoms with Gasteiger partial charge in [0.05, 0.1) is 6.42 Å². The van der Waals surface area contributed by atoms with Crippen molar-refractivity contribution in [3.05, 3.63) is 0 Å². The van der Waals surface area contributed by atoms with Crippen LogP contribution in [0.2, 0.25) is 0 Å².